The van der Waals surface area contributed by atoms with Gasteiger partial charge in [0.25, 0.3) is 0 Å². The van der Waals surface area contributed by atoms with Crippen LogP contribution in [0.25, 0.3) is 0 Å². The van der Waals surface area contributed by atoms with E-state index in [0.717, 1.165) is 11.3 Å². The molecule has 1 aromatic carbocycles. The molecule has 8 nitrogen and oxygen atoms in total. The van der Waals surface area contributed by atoms with E-state index in [1.165, 1.54) is 0 Å². The summed E-state index contributed by atoms with van der Waals surface area (Å²) in [5.74, 6) is -0.246. The van der Waals surface area contributed by atoms with Gasteiger partial charge in [0.1, 0.15) is 19.0 Å². The summed E-state index contributed by atoms with van der Waals surface area (Å²) in [5.41, 5.74) is 0.939. The van der Waals surface area contributed by atoms with Crippen LogP contribution in [0.1, 0.15) is 11.9 Å². The number of benzene rings is 1. The molecule has 1 heterocycles. The van der Waals surface area contributed by atoms with Crippen LogP contribution in [0, 0.1) is 0 Å². The second kappa shape index (κ2) is 11.8. The number of aliphatic carboxylic acids is 1. The van der Waals surface area contributed by atoms with E-state index in [1.54, 1.807) is 0 Å². The molecule has 1 saturated heterocycles. The van der Waals surface area contributed by atoms with Crippen LogP contribution in [0.15, 0.2) is 24.3 Å². The highest BCUT2D eigenvalue weighted by Gasteiger charge is 2.18. The molecule has 1 N–H and O–H groups in total. The zero-order valence-corrected chi connectivity index (χ0v) is 14.1. The zero-order chi connectivity index (χ0) is 17.7. The molecule has 1 aromatic rings. The summed E-state index contributed by atoms with van der Waals surface area (Å²) in [6, 6.07) is 7.61. The summed E-state index contributed by atoms with van der Waals surface area (Å²) in [6.45, 7) is 3.23. The molecule has 0 saturated carbocycles. The first-order chi connectivity index (χ1) is 12.3. The summed E-state index contributed by atoms with van der Waals surface area (Å²) in [6.07, 6.45) is -0.309. The van der Waals surface area contributed by atoms with Crippen LogP contribution in [0.4, 0.5) is 0 Å². The smallest absolute Gasteiger partial charge is 0.329 e. The van der Waals surface area contributed by atoms with Gasteiger partial charge in [-0.3, -0.25) is 0 Å². The fraction of sp³-hybridized carbons (Fsp3) is 0.588. The number of carbonyl (C=O) groups is 1. The topological polar surface area (TPSA) is 92.7 Å². The summed E-state index contributed by atoms with van der Waals surface area (Å²) >= 11 is 0. The molecular weight excluding hydrogens is 332 g/mol. The molecular formula is C17H24O8. The third-order valence-corrected chi connectivity index (χ3v) is 3.22. The largest absolute Gasteiger partial charge is 0.491 e. The van der Waals surface area contributed by atoms with Crippen LogP contribution in [-0.2, 0) is 28.5 Å². The first kappa shape index (κ1) is 19.6. The van der Waals surface area contributed by atoms with Crippen LogP contribution < -0.4 is 4.74 Å². The number of hydrogen-bond donors (Lipinski definition) is 1. The van der Waals surface area contributed by atoms with Crippen molar-refractivity contribution in [3.8, 4) is 5.75 Å². The van der Waals surface area contributed by atoms with Crippen molar-refractivity contribution in [1.82, 2.24) is 0 Å². The molecule has 0 aromatic heterocycles. The van der Waals surface area contributed by atoms with Crippen molar-refractivity contribution in [2.75, 3.05) is 59.5 Å². The minimum atomic E-state index is -0.989. The van der Waals surface area contributed by atoms with Crippen LogP contribution in [0.3, 0.4) is 0 Å². The Morgan fingerprint density at radius 1 is 1.00 bits per heavy atom. The predicted molar refractivity (Wildman–Crippen MR) is 86.7 cm³/mol. The normalized spacial score (nSPS) is 14.7. The van der Waals surface area contributed by atoms with Crippen molar-refractivity contribution in [3.63, 3.8) is 0 Å². The van der Waals surface area contributed by atoms with Gasteiger partial charge in [0, 0.05) is 5.56 Å². The van der Waals surface area contributed by atoms with E-state index in [9.17, 15) is 4.79 Å². The van der Waals surface area contributed by atoms with E-state index in [-0.39, 0.29) is 19.5 Å². The Hall–Kier alpha value is -1.71. The average molecular weight is 356 g/mol. The lowest BCUT2D eigenvalue weighted by molar-refractivity contribution is -0.142. The summed E-state index contributed by atoms with van der Waals surface area (Å²) in [4.78, 5) is 10.2. The second-order valence-corrected chi connectivity index (χ2v) is 5.17. The maximum atomic E-state index is 10.2. The molecule has 2 rings (SSSR count). The Balaban J connectivity index is 1.46. The summed E-state index contributed by atoms with van der Waals surface area (Å²) in [5, 5.41) is 8.38. The molecule has 0 radical (unpaired) electrons. The van der Waals surface area contributed by atoms with Crippen molar-refractivity contribution in [2.45, 2.75) is 6.29 Å². The number of rotatable bonds is 13. The first-order valence-electron chi connectivity index (χ1n) is 8.16. The highest BCUT2D eigenvalue weighted by molar-refractivity contribution is 5.67. The van der Waals surface area contributed by atoms with E-state index in [0.29, 0.717) is 46.2 Å². The first-order valence-corrected chi connectivity index (χ1v) is 8.16. The van der Waals surface area contributed by atoms with Gasteiger partial charge in [-0.25, -0.2) is 4.79 Å². The van der Waals surface area contributed by atoms with Crippen molar-refractivity contribution in [3.05, 3.63) is 29.8 Å². The van der Waals surface area contributed by atoms with Crippen LogP contribution in [0.5, 0.6) is 5.75 Å². The quantitative estimate of drug-likeness (QED) is 0.528. The minimum Gasteiger partial charge on any atom is -0.491 e. The molecule has 0 aliphatic carbocycles. The molecule has 140 valence electrons. The van der Waals surface area contributed by atoms with E-state index >= 15 is 0 Å². The predicted octanol–water partition coefficient (Wildman–Crippen LogP) is 1.25. The van der Waals surface area contributed by atoms with E-state index in [4.69, 9.17) is 33.5 Å². The van der Waals surface area contributed by atoms with Crippen LogP contribution in [-0.4, -0.2) is 70.5 Å². The molecule has 0 spiro atoms. The highest BCUT2D eigenvalue weighted by Crippen LogP contribution is 2.26. The maximum Gasteiger partial charge on any atom is 0.329 e. The molecule has 25 heavy (non-hydrogen) atoms. The lowest BCUT2D eigenvalue weighted by atomic mass is 10.2. The standard InChI is InChI=1S/C17H24O8/c18-16(19)13-22-7-6-20-4-5-21-8-9-23-15-3-1-2-14(12-15)17-24-10-11-25-17/h1-3,12,17H,4-11,13H2,(H,18,19). The maximum absolute atomic E-state index is 10.2. The van der Waals surface area contributed by atoms with Crippen LogP contribution in [0.2, 0.25) is 0 Å². The lowest BCUT2D eigenvalue weighted by Gasteiger charge is -2.12. The zero-order valence-electron chi connectivity index (χ0n) is 14.1. The Bertz CT molecular complexity index is 501. The van der Waals surface area contributed by atoms with Crippen molar-refractivity contribution in [2.24, 2.45) is 0 Å². The molecule has 0 amide bonds. The molecule has 0 bridgehead atoms. The Morgan fingerprint density at radius 3 is 2.32 bits per heavy atom. The molecule has 0 unspecified atom stereocenters. The van der Waals surface area contributed by atoms with Crippen molar-refractivity contribution < 1.29 is 38.3 Å². The van der Waals surface area contributed by atoms with Gasteiger partial charge in [-0.1, -0.05) is 12.1 Å². The molecule has 0 atom stereocenters. The summed E-state index contributed by atoms with van der Waals surface area (Å²) < 4.78 is 32.0. The third-order valence-electron chi connectivity index (χ3n) is 3.22. The molecule has 8 heteroatoms. The van der Waals surface area contributed by atoms with Gasteiger partial charge in [-0.15, -0.1) is 0 Å². The Kier molecular flexibility index (Phi) is 9.24. The summed E-state index contributed by atoms with van der Waals surface area (Å²) in [7, 11) is 0. The molecule has 1 aliphatic heterocycles. The van der Waals surface area contributed by atoms with Crippen molar-refractivity contribution in [1.29, 1.82) is 0 Å². The second-order valence-electron chi connectivity index (χ2n) is 5.17. The van der Waals surface area contributed by atoms with Gasteiger partial charge in [0.05, 0.1) is 46.2 Å². The van der Waals surface area contributed by atoms with Gasteiger partial charge in [-0.2, -0.15) is 0 Å². The molecule has 1 aliphatic rings. The van der Waals surface area contributed by atoms with Crippen LogP contribution >= 0.6 is 0 Å². The fourth-order valence-electron chi connectivity index (χ4n) is 2.12. The van der Waals surface area contributed by atoms with Gasteiger partial charge in [0.15, 0.2) is 6.29 Å². The van der Waals surface area contributed by atoms with Gasteiger partial charge < -0.3 is 33.5 Å². The number of carboxylic acid groups (broad SMARTS) is 1. The third kappa shape index (κ3) is 8.28. The fourth-order valence-corrected chi connectivity index (χ4v) is 2.12. The Labute approximate surface area is 146 Å². The number of carboxylic acids is 1. The van der Waals surface area contributed by atoms with Crippen molar-refractivity contribution >= 4 is 5.97 Å². The van der Waals surface area contributed by atoms with Gasteiger partial charge in [-0.05, 0) is 12.1 Å². The number of hydrogen-bond acceptors (Lipinski definition) is 7. The van der Waals surface area contributed by atoms with E-state index < -0.39 is 5.97 Å². The molecule has 1 fully saturated rings. The average Bonchev–Trinajstić information content (AvgIpc) is 3.14. The lowest BCUT2D eigenvalue weighted by Crippen LogP contribution is -2.14. The Morgan fingerprint density at radius 2 is 1.64 bits per heavy atom. The van der Waals surface area contributed by atoms with E-state index in [2.05, 4.69) is 0 Å². The monoisotopic (exact) mass is 356 g/mol. The van der Waals surface area contributed by atoms with Gasteiger partial charge in [0.2, 0.25) is 0 Å². The van der Waals surface area contributed by atoms with E-state index in [1.807, 2.05) is 24.3 Å². The SMILES string of the molecule is O=C(O)COCCOCCOCCOc1cccc(C2OCCO2)c1. The highest BCUT2D eigenvalue weighted by atomic mass is 16.7. The minimum absolute atomic E-state index is 0.250. The van der Waals surface area contributed by atoms with Gasteiger partial charge >= 0.3 is 5.97 Å². The number of ether oxygens (including phenoxy) is 6.